The molecular formula is C10H9F9. The van der Waals surface area contributed by atoms with Gasteiger partial charge in [-0.3, -0.25) is 0 Å². The molecule has 19 heavy (non-hydrogen) atoms. The third-order valence-corrected chi connectivity index (χ3v) is 2.37. The van der Waals surface area contributed by atoms with Crippen LogP contribution in [0, 0.1) is 5.41 Å². The molecule has 0 aromatic rings. The van der Waals surface area contributed by atoms with Crippen molar-refractivity contribution in [2.45, 2.75) is 32.4 Å². The van der Waals surface area contributed by atoms with E-state index in [1.165, 1.54) is 0 Å². The highest BCUT2D eigenvalue weighted by atomic mass is 19.4. The fourth-order valence-corrected chi connectivity index (χ4v) is 1.59. The van der Waals surface area contributed by atoms with Crippen LogP contribution in [0.5, 0.6) is 0 Å². The molecule has 0 aliphatic carbocycles. The van der Waals surface area contributed by atoms with Crippen LogP contribution in [0.25, 0.3) is 0 Å². The maximum absolute atomic E-state index is 12.6. The van der Waals surface area contributed by atoms with Crippen molar-refractivity contribution in [3.63, 3.8) is 0 Å². The Kier molecular flexibility index (Phi) is 4.78. The maximum atomic E-state index is 12.6. The van der Waals surface area contributed by atoms with Gasteiger partial charge in [0.05, 0.1) is 0 Å². The highest BCUT2D eigenvalue weighted by molar-refractivity contribution is 5.33. The van der Waals surface area contributed by atoms with Crippen molar-refractivity contribution in [3.05, 3.63) is 23.8 Å². The number of hydrogen-bond acceptors (Lipinski definition) is 0. The van der Waals surface area contributed by atoms with E-state index in [4.69, 9.17) is 0 Å². The largest absolute Gasteiger partial charge is 0.416 e. The Morgan fingerprint density at radius 3 is 1.16 bits per heavy atom. The standard InChI is InChI=1S/C10H9F9/c1-3-5-6(4-2)7(8(11,12)13,9(14,15)16)10(17,18)19/h3-5H,1-2H3/b5-3-,6-4+. The topological polar surface area (TPSA) is 0 Å². The van der Waals surface area contributed by atoms with Gasteiger partial charge in [0.15, 0.2) is 0 Å². The summed E-state index contributed by atoms with van der Waals surface area (Å²) in [7, 11) is 0. The molecule has 0 atom stereocenters. The summed E-state index contributed by atoms with van der Waals surface area (Å²) in [5, 5.41) is 0. The fraction of sp³-hybridized carbons (Fsp3) is 0.600. The van der Waals surface area contributed by atoms with Crippen LogP contribution in [0.2, 0.25) is 0 Å². The molecule has 0 N–H and O–H groups in total. The van der Waals surface area contributed by atoms with E-state index in [1.807, 2.05) is 0 Å². The molecule has 0 saturated heterocycles. The molecule has 0 aromatic carbocycles. The van der Waals surface area contributed by atoms with E-state index in [0.29, 0.717) is 13.0 Å². The van der Waals surface area contributed by atoms with Crippen molar-refractivity contribution >= 4 is 0 Å². The molecule has 0 radical (unpaired) electrons. The fourth-order valence-electron chi connectivity index (χ4n) is 1.59. The minimum atomic E-state index is -6.56. The lowest BCUT2D eigenvalue weighted by atomic mass is 9.77. The molecule has 0 amide bonds. The molecule has 0 fully saturated rings. The summed E-state index contributed by atoms with van der Waals surface area (Å²) in [6, 6.07) is 0. The SMILES string of the molecule is C/C=C\C(=C/C)C(C(F)(F)F)(C(F)(F)F)C(F)(F)F. The third kappa shape index (κ3) is 2.74. The van der Waals surface area contributed by atoms with Crippen molar-refractivity contribution in [2.75, 3.05) is 0 Å². The quantitative estimate of drug-likeness (QED) is 0.487. The Balaban J connectivity index is 6.61. The molecule has 0 heterocycles. The number of allylic oxidation sites excluding steroid dienone is 4. The van der Waals surface area contributed by atoms with Crippen molar-refractivity contribution in [1.82, 2.24) is 0 Å². The molecule has 0 aliphatic heterocycles. The first-order chi connectivity index (χ1) is 8.27. The first kappa shape index (κ1) is 17.9. The van der Waals surface area contributed by atoms with Crippen LogP contribution in [0.3, 0.4) is 0 Å². The van der Waals surface area contributed by atoms with Gasteiger partial charge in [0.1, 0.15) is 0 Å². The molecule has 0 spiro atoms. The smallest absolute Gasteiger partial charge is 0.169 e. The van der Waals surface area contributed by atoms with E-state index in [9.17, 15) is 39.5 Å². The molecule has 112 valence electrons. The predicted molar refractivity (Wildman–Crippen MR) is 49.2 cm³/mol. The van der Waals surface area contributed by atoms with Gasteiger partial charge in [0, 0.05) is 0 Å². The van der Waals surface area contributed by atoms with Gasteiger partial charge in [-0.25, -0.2) is 0 Å². The Morgan fingerprint density at radius 2 is 1.00 bits per heavy atom. The highest BCUT2D eigenvalue weighted by Crippen LogP contribution is 2.63. The molecule has 0 bridgehead atoms. The first-order valence-corrected chi connectivity index (χ1v) is 4.77. The normalized spacial score (nSPS) is 16.3. The minimum Gasteiger partial charge on any atom is -0.169 e. The zero-order valence-electron chi connectivity index (χ0n) is 9.63. The average molecular weight is 300 g/mol. The van der Waals surface area contributed by atoms with Gasteiger partial charge in [-0.1, -0.05) is 18.2 Å². The van der Waals surface area contributed by atoms with Gasteiger partial charge < -0.3 is 0 Å². The maximum Gasteiger partial charge on any atom is 0.416 e. The molecule has 0 saturated carbocycles. The Morgan fingerprint density at radius 1 is 0.684 bits per heavy atom. The van der Waals surface area contributed by atoms with Crippen molar-refractivity contribution < 1.29 is 39.5 Å². The monoisotopic (exact) mass is 300 g/mol. The Hall–Kier alpha value is -1.15. The molecule has 0 rings (SSSR count). The second-order valence-electron chi connectivity index (χ2n) is 3.49. The van der Waals surface area contributed by atoms with Crippen LogP contribution >= 0.6 is 0 Å². The van der Waals surface area contributed by atoms with Crippen LogP contribution in [0.15, 0.2) is 23.8 Å². The second kappa shape index (κ2) is 5.09. The van der Waals surface area contributed by atoms with E-state index < -0.39 is 29.5 Å². The lowest BCUT2D eigenvalue weighted by molar-refractivity contribution is -0.410. The van der Waals surface area contributed by atoms with Gasteiger partial charge in [-0.05, 0) is 19.4 Å². The third-order valence-electron chi connectivity index (χ3n) is 2.37. The molecule has 0 nitrogen and oxygen atoms in total. The van der Waals surface area contributed by atoms with Crippen LogP contribution in [0.1, 0.15) is 13.8 Å². The molecular weight excluding hydrogens is 291 g/mol. The Labute approximate surface area is 102 Å². The van der Waals surface area contributed by atoms with E-state index in [1.54, 1.807) is 0 Å². The van der Waals surface area contributed by atoms with Gasteiger partial charge in [-0.2, -0.15) is 39.5 Å². The second-order valence-corrected chi connectivity index (χ2v) is 3.49. The molecule has 0 aliphatic rings. The van der Waals surface area contributed by atoms with E-state index in [-0.39, 0.29) is 12.2 Å². The molecule has 0 aromatic heterocycles. The molecule has 0 unspecified atom stereocenters. The minimum absolute atomic E-state index is 0.147. The van der Waals surface area contributed by atoms with Crippen LogP contribution in [-0.2, 0) is 0 Å². The summed E-state index contributed by atoms with van der Waals surface area (Å²) >= 11 is 0. The first-order valence-electron chi connectivity index (χ1n) is 4.77. The molecule has 9 heteroatoms. The lowest BCUT2D eigenvalue weighted by Gasteiger charge is -2.39. The predicted octanol–water partition coefficient (Wildman–Crippen LogP) is 5.18. The summed E-state index contributed by atoms with van der Waals surface area (Å²) in [4.78, 5) is 0. The summed E-state index contributed by atoms with van der Waals surface area (Å²) in [5.41, 5.74) is -7.81. The zero-order chi connectivity index (χ0) is 15.7. The zero-order valence-corrected chi connectivity index (χ0v) is 9.63. The highest BCUT2D eigenvalue weighted by Gasteiger charge is 2.84. The Bertz CT molecular complexity index is 328. The van der Waals surface area contributed by atoms with Gasteiger partial charge in [-0.15, -0.1) is 0 Å². The van der Waals surface area contributed by atoms with E-state index >= 15 is 0 Å². The number of rotatable bonds is 2. The summed E-state index contributed by atoms with van der Waals surface area (Å²) in [6.45, 7) is 1.69. The summed E-state index contributed by atoms with van der Waals surface area (Å²) < 4.78 is 114. The van der Waals surface area contributed by atoms with Crippen molar-refractivity contribution in [2.24, 2.45) is 5.41 Å². The summed E-state index contributed by atoms with van der Waals surface area (Å²) in [5.74, 6) is 0. The number of halogens is 9. The summed E-state index contributed by atoms with van der Waals surface area (Å²) in [6.07, 6.45) is -18.7. The average Bonchev–Trinajstić information content (AvgIpc) is 2.10. The van der Waals surface area contributed by atoms with Crippen molar-refractivity contribution in [1.29, 1.82) is 0 Å². The van der Waals surface area contributed by atoms with Crippen LogP contribution in [0.4, 0.5) is 39.5 Å². The van der Waals surface area contributed by atoms with Gasteiger partial charge >= 0.3 is 18.5 Å². The number of hydrogen-bond donors (Lipinski definition) is 0. The van der Waals surface area contributed by atoms with Crippen molar-refractivity contribution in [3.8, 4) is 0 Å². The van der Waals surface area contributed by atoms with E-state index in [2.05, 4.69) is 0 Å². The lowest BCUT2D eigenvalue weighted by Crippen LogP contribution is -2.60. The van der Waals surface area contributed by atoms with Crippen LogP contribution < -0.4 is 0 Å². The van der Waals surface area contributed by atoms with Gasteiger partial charge in [0.2, 0.25) is 0 Å². The van der Waals surface area contributed by atoms with E-state index in [0.717, 1.165) is 6.92 Å². The van der Waals surface area contributed by atoms with Crippen LogP contribution in [-0.4, -0.2) is 18.5 Å². The van der Waals surface area contributed by atoms with Gasteiger partial charge in [0.25, 0.3) is 5.41 Å². The number of alkyl halides is 9.